The predicted octanol–water partition coefficient (Wildman–Crippen LogP) is 2.61. The molecule has 70 valence electrons. The predicted molar refractivity (Wildman–Crippen MR) is 54.5 cm³/mol. The second-order valence-electron chi connectivity index (χ2n) is 3.43. The number of anilines is 1. The minimum atomic E-state index is 0.567. The van der Waals surface area contributed by atoms with Crippen molar-refractivity contribution in [2.24, 2.45) is 0 Å². The lowest BCUT2D eigenvalue weighted by atomic mass is 10.0. The molecule has 1 aliphatic heterocycles. The highest BCUT2D eigenvalue weighted by molar-refractivity contribution is 5.63. The molecule has 0 radical (unpaired) electrons. The summed E-state index contributed by atoms with van der Waals surface area (Å²) in [6, 6.07) is 6.20. The highest BCUT2D eigenvalue weighted by Crippen LogP contribution is 2.37. The minimum Gasteiger partial charge on any atom is -0.494 e. The lowest BCUT2D eigenvalue weighted by molar-refractivity contribution is 0.336. The molecule has 1 aromatic rings. The average molecular weight is 177 g/mol. The van der Waals surface area contributed by atoms with Gasteiger partial charge in [0, 0.05) is 23.7 Å². The van der Waals surface area contributed by atoms with Crippen molar-refractivity contribution >= 4 is 5.69 Å². The van der Waals surface area contributed by atoms with E-state index in [9.17, 15) is 0 Å². The second-order valence-corrected chi connectivity index (χ2v) is 3.43. The molecule has 0 aromatic heterocycles. The fourth-order valence-electron chi connectivity index (χ4n) is 1.85. The lowest BCUT2D eigenvalue weighted by Crippen LogP contribution is -1.98. The van der Waals surface area contributed by atoms with E-state index >= 15 is 0 Å². The van der Waals surface area contributed by atoms with E-state index < -0.39 is 0 Å². The van der Waals surface area contributed by atoms with Gasteiger partial charge in [0.1, 0.15) is 5.75 Å². The summed E-state index contributed by atoms with van der Waals surface area (Å²) in [7, 11) is 0. The third-order valence-corrected chi connectivity index (χ3v) is 2.46. The van der Waals surface area contributed by atoms with Gasteiger partial charge in [0.25, 0.3) is 0 Å². The van der Waals surface area contributed by atoms with Crippen LogP contribution in [0, 0.1) is 0 Å². The summed E-state index contributed by atoms with van der Waals surface area (Å²) in [6.07, 6.45) is 0. The van der Waals surface area contributed by atoms with Crippen molar-refractivity contribution in [2.45, 2.75) is 19.8 Å². The molecular weight excluding hydrogens is 162 g/mol. The third kappa shape index (κ3) is 1.37. The Hall–Kier alpha value is -1.18. The molecule has 0 saturated carbocycles. The van der Waals surface area contributed by atoms with Crippen LogP contribution in [0.25, 0.3) is 0 Å². The van der Waals surface area contributed by atoms with Crippen LogP contribution in [0.4, 0.5) is 5.69 Å². The summed E-state index contributed by atoms with van der Waals surface area (Å²) in [4.78, 5) is 0. The Bertz CT molecular complexity index is 309. The maximum Gasteiger partial charge on any atom is 0.124 e. The number of nitrogens with one attached hydrogen (secondary N) is 1. The Balaban J connectivity index is 2.41. The second kappa shape index (κ2) is 3.29. The molecule has 2 nitrogen and oxygen atoms in total. The van der Waals surface area contributed by atoms with Crippen LogP contribution in [-0.2, 0) is 0 Å². The molecule has 0 fully saturated rings. The molecule has 1 aliphatic rings. The van der Waals surface area contributed by atoms with Crippen molar-refractivity contribution in [3.8, 4) is 5.75 Å². The molecule has 1 aromatic carbocycles. The van der Waals surface area contributed by atoms with Crippen molar-refractivity contribution in [3.05, 3.63) is 23.8 Å². The zero-order valence-electron chi connectivity index (χ0n) is 8.13. The Morgan fingerprint density at radius 2 is 2.38 bits per heavy atom. The van der Waals surface area contributed by atoms with Gasteiger partial charge in [-0.1, -0.05) is 13.0 Å². The summed E-state index contributed by atoms with van der Waals surface area (Å²) < 4.78 is 5.58. The topological polar surface area (TPSA) is 21.3 Å². The van der Waals surface area contributed by atoms with Crippen LogP contribution in [0.2, 0.25) is 0 Å². The number of fused-ring (bicyclic) bond motifs is 1. The molecule has 0 saturated heterocycles. The van der Waals surface area contributed by atoms with Gasteiger partial charge in [-0.25, -0.2) is 0 Å². The van der Waals surface area contributed by atoms with Crippen molar-refractivity contribution in [1.82, 2.24) is 0 Å². The van der Waals surface area contributed by atoms with Gasteiger partial charge in [-0.2, -0.15) is 0 Å². The standard InChI is InChI=1S/C11H15NO/c1-3-13-10-6-4-5-9-11(10)8(2)7-12-9/h4-6,8,12H,3,7H2,1-2H3. The highest BCUT2D eigenvalue weighted by atomic mass is 16.5. The van der Waals surface area contributed by atoms with Gasteiger partial charge in [0.15, 0.2) is 0 Å². The van der Waals surface area contributed by atoms with E-state index in [1.807, 2.05) is 19.1 Å². The molecule has 13 heavy (non-hydrogen) atoms. The smallest absolute Gasteiger partial charge is 0.124 e. The number of benzene rings is 1. The summed E-state index contributed by atoms with van der Waals surface area (Å²) in [6.45, 7) is 6.01. The zero-order valence-corrected chi connectivity index (χ0v) is 8.13. The maximum atomic E-state index is 5.58. The van der Waals surface area contributed by atoms with Crippen LogP contribution in [0.1, 0.15) is 25.3 Å². The molecule has 2 rings (SSSR count). The van der Waals surface area contributed by atoms with E-state index in [0.29, 0.717) is 5.92 Å². The van der Waals surface area contributed by atoms with Crippen molar-refractivity contribution in [1.29, 1.82) is 0 Å². The fourth-order valence-corrected chi connectivity index (χ4v) is 1.85. The number of ether oxygens (including phenoxy) is 1. The summed E-state index contributed by atoms with van der Waals surface area (Å²) in [5.74, 6) is 1.61. The first-order valence-corrected chi connectivity index (χ1v) is 4.82. The molecule has 0 aliphatic carbocycles. The van der Waals surface area contributed by atoms with Crippen LogP contribution in [0.15, 0.2) is 18.2 Å². The zero-order chi connectivity index (χ0) is 9.26. The van der Waals surface area contributed by atoms with Crippen LogP contribution >= 0.6 is 0 Å². The molecule has 1 unspecified atom stereocenters. The van der Waals surface area contributed by atoms with Gasteiger partial charge in [-0.05, 0) is 19.1 Å². The monoisotopic (exact) mass is 177 g/mol. The van der Waals surface area contributed by atoms with E-state index in [-0.39, 0.29) is 0 Å². The number of hydrogen-bond donors (Lipinski definition) is 1. The van der Waals surface area contributed by atoms with Gasteiger partial charge in [0.05, 0.1) is 6.61 Å². The van der Waals surface area contributed by atoms with Gasteiger partial charge >= 0.3 is 0 Å². The first kappa shape index (κ1) is 8.42. The molecule has 1 heterocycles. The Morgan fingerprint density at radius 3 is 3.15 bits per heavy atom. The Kier molecular flexibility index (Phi) is 2.13. The maximum absolute atomic E-state index is 5.58. The van der Waals surface area contributed by atoms with Gasteiger partial charge in [-0.3, -0.25) is 0 Å². The van der Waals surface area contributed by atoms with Gasteiger partial charge < -0.3 is 10.1 Å². The van der Waals surface area contributed by atoms with Crippen molar-refractivity contribution in [3.63, 3.8) is 0 Å². The minimum absolute atomic E-state index is 0.567. The summed E-state index contributed by atoms with van der Waals surface area (Å²) in [5.41, 5.74) is 2.57. The third-order valence-electron chi connectivity index (χ3n) is 2.46. The van der Waals surface area contributed by atoms with Gasteiger partial charge in [0.2, 0.25) is 0 Å². The van der Waals surface area contributed by atoms with Crippen molar-refractivity contribution in [2.75, 3.05) is 18.5 Å². The Labute approximate surface area is 78.9 Å². The first-order chi connectivity index (χ1) is 6.33. The molecule has 0 amide bonds. The SMILES string of the molecule is CCOc1cccc2c1C(C)CN2. The van der Waals surface area contributed by atoms with E-state index in [1.54, 1.807) is 0 Å². The molecular formula is C11H15NO. The van der Waals surface area contributed by atoms with E-state index in [2.05, 4.69) is 18.3 Å². The highest BCUT2D eigenvalue weighted by Gasteiger charge is 2.21. The molecule has 0 spiro atoms. The van der Waals surface area contributed by atoms with Gasteiger partial charge in [-0.15, -0.1) is 0 Å². The van der Waals surface area contributed by atoms with E-state index in [4.69, 9.17) is 4.74 Å². The lowest BCUT2D eigenvalue weighted by Gasteiger charge is -2.10. The molecule has 0 bridgehead atoms. The van der Waals surface area contributed by atoms with Crippen LogP contribution in [0.3, 0.4) is 0 Å². The Morgan fingerprint density at radius 1 is 1.54 bits per heavy atom. The van der Waals surface area contributed by atoms with E-state index in [0.717, 1.165) is 18.9 Å². The first-order valence-electron chi connectivity index (χ1n) is 4.82. The normalized spacial score (nSPS) is 19.4. The average Bonchev–Trinajstić information content (AvgIpc) is 2.50. The molecule has 1 atom stereocenters. The van der Waals surface area contributed by atoms with Crippen LogP contribution < -0.4 is 10.1 Å². The quantitative estimate of drug-likeness (QED) is 0.749. The van der Waals surface area contributed by atoms with E-state index in [1.165, 1.54) is 11.3 Å². The molecule has 2 heteroatoms. The summed E-state index contributed by atoms with van der Waals surface area (Å²) in [5, 5.41) is 3.37. The number of rotatable bonds is 2. The molecule has 1 N–H and O–H groups in total. The fraction of sp³-hybridized carbons (Fsp3) is 0.455. The van der Waals surface area contributed by atoms with Crippen LogP contribution in [0.5, 0.6) is 5.75 Å². The number of hydrogen-bond acceptors (Lipinski definition) is 2. The van der Waals surface area contributed by atoms with Crippen molar-refractivity contribution < 1.29 is 4.74 Å². The largest absolute Gasteiger partial charge is 0.494 e. The van der Waals surface area contributed by atoms with Crippen LogP contribution in [-0.4, -0.2) is 13.2 Å². The summed E-state index contributed by atoms with van der Waals surface area (Å²) >= 11 is 0.